The molecule has 7 heteroatoms. The fourth-order valence-electron chi connectivity index (χ4n) is 5.20. The second kappa shape index (κ2) is 12.5. The summed E-state index contributed by atoms with van der Waals surface area (Å²) in [5.41, 5.74) is 3.01. The number of benzene rings is 3. The van der Waals surface area contributed by atoms with E-state index in [1.54, 1.807) is 4.90 Å². The SMILES string of the molecule is O=C(NC1CCCC1)[C@H](Cc1ccccc1)N(Cc1ccc(Br)cc1)C(=O)CCc1ccc2c(c1)OCO2. The van der Waals surface area contributed by atoms with Crippen LogP contribution in [-0.2, 0) is 29.0 Å². The number of fused-ring (bicyclic) bond motifs is 1. The quantitative estimate of drug-likeness (QED) is 0.331. The van der Waals surface area contributed by atoms with E-state index in [2.05, 4.69) is 21.2 Å². The summed E-state index contributed by atoms with van der Waals surface area (Å²) < 4.78 is 11.9. The monoisotopic (exact) mass is 576 g/mol. The van der Waals surface area contributed by atoms with E-state index in [0.717, 1.165) is 52.6 Å². The van der Waals surface area contributed by atoms with Crippen LogP contribution >= 0.6 is 15.9 Å². The number of carbonyl (C=O) groups is 2. The molecule has 0 spiro atoms. The maximum atomic E-state index is 13.9. The van der Waals surface area contributed by atoms with E-state index >= 15 is 0 Å². The van der Waals surface area contributed by atoms with Crippen LogP contribution in [0.1, 0.15) is 48.8 Å². The Morgan fingerprint density at radius 1 is 0.895 bits per heavy atom. The molecule has 198 valence electrons. The number of nitrogens with zero attached hydrogens (tertiary/aromatic N) is 1. The highest BCUT2D eigenvalue weighted by Crippen LogP contribution is 2.33. The third-order valence-electron chi connectivity index (χ3n) is 7.30. The normalized spacial score (nSPS) is 15.3. The van der Waals surface area contributed by atoms with Gasteiger partial charge in [-0.1, -0.05) is 77.3 Å². The third kappa shape index (κ3) is 6.76. The van der Waals surface area contributed by atoms with E-state index in [0.29, 0.717) is 25.1 Å². The Labute approximate surface area is 232 Å². The minimum absolute atomic E-state index is 0.0481. The summed E-state index contributed by atoms with van der Waals surface area (Å²) in [6.07, 6.45) is 5.55. The second-order valence-electron chi connectivity index (χ2n) is 10.0. The molecule has 5 rings (SSSR count). The first kappa shape index (κ1) is 26.3. The van der Waals surface area contributed by atoms with E-state index < -0.39 is 6.04 Å². The highest BCUT2D eigenvalue weighted by atomic mass is 79.9. The summed E-state index contributed by atoms with van der Waals surface area (Å²) in [5.74, 6) is 1.31. The predicted molar refractivity (Wildman–Crippen MR) is 150 cm³/mol. The van der Waals surface area contributed by atoms with Crippen molar-refractivity contribution in [2.24, 2.45) is 0 Å². The Bertz CT molecular complexity index is 1240. The second-order valence-corrected chi connectivity index (χ2v) is 10.9. The van der Waals surface area contributed by atoms with Crippen LogP contribution in [-0.4, -0.2) is 35.6 Å². The van der Waals surface area contributed by atoms with Crippen molar-refractivity contribution in [2.75, 3.05) is 6.79 Å². The van der Waals surface area contributed by atoms with Crippen molar-refractivity contribution < 1.29 is 19.1 Å². The van der Waals surface area contributed by atoms with Crippen LogP contribution in [0.5, 0.6) is 11.5 Å². The first-order valence-corrected chi connectivity index (χ1v) is 14.1. The maximum Gasteiger partial charge on any atom is 0.243 e. The molecule has 0 unspecified atom stereocenters. The van der Waals surface area contributed by atoms with Gasteiger partial charge >= 0.3 is 0 Å². The van der Waals surface area contributed by atoms with E-state index in [4.69, 9.17) is 9.47 Å². The van der Waals surface area contributed by atoms with Gasteiger partial charge in [-0.25, -0.2) is 0 Å². The minimum atomic E-state index is -0.606. The fraction of sp³-hybridized carbons (Fsp3) is 0.355. The lowest BCUT2D eigenvalue weighted by atomic mass is 10.0. The van der Waals surface area contributed by atoms with E-state index in [1.165, 1.54) is 0 Å². The number of amides is 2. The van der Waals surface area contributed by atoms with Crippen molar-refractivity contribution in [1.29, 1.82) is 0 Å². The van der Waals surface area contributed by atoms with Gasteiger partial charge in [-0.05, 0) is 60.2 Å². The maximum absolute atomic E-state index is 13.9. The van der Waals surface area contributed by atoms with Gasteiger partial charge in [0.15, 0.2) is 11.5 Å². The molecule has 1 saturated carbocycles. The first-order valence-electron chi connectivity index (χ1n) is 13.3. The van der Waals surface area contributed by atoms with Crippen molar-refractivity contribution in [3.63, 3.8) is 0 Å². The average Bonchev–Trinajstić information content (AvgIpc) is 3.62. The van der Waals surface area contributed by atoms with Crippen molar-refractivity contribution in [3.05, 3.63) is 94.0 Å². The molecule has 2 amide bonds. The molecular formula is C31H33BrN2O4. The zero-order valence-corrected chi connectivity index (χ0v) is 23.0. The highest BCUT2D eigenvalue weighted by molar-refractivity contribution is 9.10. The number of hydrogen-bond acceptors (Lipinski definition) is 4. The van der Waals surface area contributed by atoms with Crippen LogP contribution in [0.15, 0.2) is 77.3 Å². The summed E-state index contributed by atoms with van der Waals surface area (Å²) >= 11 is 3.49. The number of hydrogen-bond donors (Lipinski definition) is 1. The molecule has 1 aliphatic carbocycles. The Kier molecular flexibility index (Phi) is 8.64. The van der Waals surface area contributed by atoms with E-state index in [1.807, 2.05) is 72.8 Å². The predicted octanol–water partition coefficient (Wildman–Crippen LogP) is 5.81. The molecule has 3 aromatic carbocycles. The summed E-state index contributed by atoms with van der Waals surface area (Å²) in [6.45, 7) is 0.582. The zero-order chi connectivity index (χ0) is 26.3. The van der Waals surface area contributed by atoms with Crippen molar-refractivity contribution in [2.45, 2.75) is 63.6 Å². The topological polar surface area (TPSA) is 67.9 Å². The molecule has 38 heavy (non-hydrogen) atoms. The summed E-state index contributed by atoms with van der Waals surface area (Å²) in [5, 5.41) is 3.26. The molecule has 0 aromatic heterocycles. The Morgan fingerprint density at radius 2 is 1.61 bits per heavy atom. The van der Waals surface area contributed by atoms with Crippen molar-refractivity contribution >= 4 is 27.7 Å². The van der Waals surface area contributed by atoms with Crippen LogP contribution in [0.25, 0.3) is 0 Å². The number of nitrogens with one attached hydrogen (secondary N) is 1. The molecule has 1 atom stereocenters. The van der Waals surface area contributed by atoms with Gasteiger partial charge in [-0.3, -0.25) is 9.59 Å². The fourth-order valence-corrected chi connectivity index (χ4v) is 5.46. The Hall–Kier alpha value is -3.32. The largest absolute Gasteiger partial charge is 0.454 e. The molecule has 1 aliphatic heterocycles. The minimum Gasteiger partial charge on any atom is -0.454 e. The first-order chi connectivity index (χ1) is 18.5. The number of aryl methyl sites for hydroxylation is 1. The van der Waals surface area contributed by atoms with Crippen molar-refractivity contribution in [1.82, 2.24) is 10.2 Å². The van der Waals surface area contributed by atoms with Gasteiger partial charge in [0.2, 0.25) is 18.6 Å². The lowest BCUT2D eigenvalue weighted by Crippen LogP contribution is -2.52. The molecule has 6 nitrogen and oxygen atoms in total. The molecule has 1 fully saturated rings. The number of halogens is 1. The molecule has 2 aliphatic rings. The van der Waals surface area contributed by atoms with Gasteiger partial charge in [-0.15, -0.1) is 0 Å². The van der Waals surface area contributed by atoms with Crippen LogP contribution in [0.2, 0.25) is 0 Å². The number of ether oxygens (including phenoxy) is 2. The van der Waals surface area contributed by atoms with E-state index in [9.17, 15) is 9.59 Å². The van der Waals surface area contributed by atoms with Gasteiger partial charge < -0.3 is 19.7 Å². The molecular weight excluding hydrogens is 544 g/mol. The van der Waals surface area contributed by atoms with Crippen LogP contribution in [0.3, 0.4) is 0 Å². The van der Waals surface area contributed by atoms with Crippen LogP contribution in [0.4, 0.5) is 0 Å². The van der Waals surface area contributed by atoms with Gasteiger partial charge in [0.25, 0.3) is 0 Å². The van der Waals surface area contributed by atoms with E-state index in [-0.39, 0.29) is 31.1 Å². The van der Waals surface area contributed by atoms with Crippen LogP contribution in [0, 0.1) is 0 Å². The molecule has 1 heterocycles. The molecule has 0 bridgehead atoms. The number of rotatable bonds is 10. The third-order valence-corrected chi connectivity index (χ3v) is 7.83. The highest BCUT2D eigenvalue weighted by Gasteiger charge is 2.32. The number of carbonyl (C=O) groups excluding carboxylic acids is 2. The van der Waals surface area contributed by atoms with Gasteiger partial charge in [0, 0.05) is 29.9 Å². The molecule has 0 saturated heterocycles. The Morgan fingerprint density at radius 3 is 2.37 bits per heavy atom. The molecule has 1 N–H and O–H groups in total. The smallest absolute Gasteiger partial charge is 0.243 e. The van der Waals surface area contributed by atoms with Crippen LogP contribution < -0.4 is 14.8 Å². The van der Waals surface area contributed by atoms with Gasteiger partial charge in [0.1, 0.15) is 6.04 Å². The standard InChI is InChI=1S/C31H33BrN2O4/c32-25-14-10-24(11-15-25)20-34(30(35)17-13-23-12-16-28-29(19-23)38-21-37-28)27(18-22-6-2-1-3-7-22)31(36)33-26-8-4-5-9-26/h1-3,6-7,10-12,14-16,19,26-27H,4-5,8-9,13,17-18,20-21H2,(H,33,36)/t27-/m0/s1. The summed E-state index contributed by atoms with van der Waals surface area (Å²) in [6, 6.07) is 23.2. The lowest BCUT2D eigenvalue weighted by molar-refractivity contribution is -0.141. The molecule has 0 radical (unpaired) electrons. The van der Waals surface area contributed by atoms with Crippen molar-refractivity contribution in [3.8, 4) is 11.5 Å². The van der Waals surface area contributed by atoms with Gasteiger partial charge in [-0.2, -0.15) is 0 Å². The lowest BCUT2D eigenvalue weighted by Gasteiger charge is -2.32. The average molecular weight is 578 g/mol. The van der Waals surface area contributed by atoms with Gasteiger partial charge in [0.05, 0.1) is 0 Å². The summed E-state index contributed by atoms with van der Waals surface area (Å²) in [4.78, 5) is 29.4. The Balaban J connectivity index is 1.39. The zero-order valence-electron chi connectivity index (χ0n) is 21.4. The molecule has 3 aromatic rings. The summed E-state index contributed by atoms with van der Waals surface area (Å²) in [7, 11) is 0.